The molecule has 0 spiro atoms. The molecule has 0 aliphatic carbocycles. The number of nitrogens with one attached hydrogen (secondary N) is 1. The monoisotopic (exact) mass is 426 g/mol. The fourth-order valence-electron chi connectivity index (χ4n) is 5.07. The first-order valence-corrected chi connectivity index (χ1v) is 12.2. The minimum absolute atomic E-state index is 0.153. The van der Waals surface area contributed by atoms with Gasteiger partial charge in [-0.25, -0.2) is 0 Å². The summed E-state index contributed by atoms with van der Waals surface area (Å²) < 4.78 is 5.59. The molecule has 4 rings (SSSR count). The molecule has 2 fully saturated rings. The third-order valence-electron chi connectivity index (χ3n) is 6.55. The molecule has 162 valence electrons. The minimum atomic E-state index is -0.381. The van der Waals surface area contributed by atoms with E-state index in [9.17, 15) is 4.79 Å². The Morgan fingerprint density at radius 3 is 2.77 bits per heavy atom. The second-order valence-corrected chi connectivity index (χ2v) is 10.1. The van der Waals surface area contributed by atoms with Crippen molar-refractivity contribution >= 4 is 17.2 Å². The molecule has 2 aliphatic heterocycles. The van der Waals surface area contributed by atoms with Gasteiger partial charge in [-0.2, -0.15) is 0 Å². The van der Waals surface area contributed by atoms with Crippen molar-refractivity contribution in [2.45, 2.75) is 58.0 Å². The summed E-state index contributed by atoms with van der Waals surface area (Å²) in [5, 5.41) is 5.39. The number of carbonyl (C=O) groups is 1. The van der Waals surface area contributed by atoms with Crippen molar-refractivity contribution in [2.24, 2.45) is 5.41 Å². The van der Waals surface area contributed by atoms with Crippen LogP contribution in [0.4, 0.5) is 0 Å². The maximum Gasteiger partial charge on any atom is 0.228 e. The number of hydrogen-bond acceptors (Lipinski definition) is 4. The number of ether oxygens (including phenoxy) is 1. The average molecular weight is 427 g/mol. The van der Waals surface area contributed by atoms with Crippen molar-refractivity contribution in [3.63, 3.8) is 0 Å². The molecule has 1 N–H and O–H groups in total. The Hall–Kier alpha value is -1.69. The molecule has 2 aromatic rings. The average Bonchev–Trinajstić information content (AvgIpc) is 3.29. The fourth-order valence-corrected chi connectivity index (χ4v) is 5.85. The first-order valence-electron chi connectivity index (χ1n) is 11.3. The second kappa shape index (κ2) is 9.63. The van der Waals surface area contributed by atoms with Crippen LogP contribution in [0.25, 0.3) is 10.4 Å². The zero-order chi connectivity index (χ0) is 21.0. The number of hydrogen-bond donors (Lipinski definition) is 1. The van der Waals surface area contributed by atoms with Crippen molar-refractivity contribution in [1.29, 1.82) is 0 Å². The van der Waals surface area contributed by atoms with E-state index >= 15 is 0 Å². The number of rotatable bonds is 6. The van der Waals surface area contributed by atoms with Gasteiger partial charge in [0.05, 0.1) is 5.41 Å². The van der Waals surface area contributed by atoms with Gasteiger partial charge in [-0.05, 0) is 75.1 Å². The summed E-state index contributed by atoms with van der Waals surface area (Å²) >= 11 is 1.77. The van der Waals surface area contributed by atoms with Gasteiger partial charge in [0.15, 0.2) is 0 Å². The second-order valence-electron chi connectivity index (χ2n) is 9.14. The Morgan fingerprint density at radius 2 is 2.03 bits per heavy atom. The Kier molecular flexibility index (Phi) is 6.91. The van der Waals surface area contributed by atoms with E-state index in [1.54, 1.807) is 11.3 Å². The van der Waals surface area contributed by atoms with E-state index < -0.39 is 0 Å². The topological polar surface area (TPSA) is 41.6 Å². The molecule has 1 atom stereocenters. The van der Waals surface area contributed by atoms with Crippen LogP contribution in [0, 0.1) is 5.41 Å². The van der Waals surface area contributed by atoms with Crippen LogP contribution in [0.5, 0.6) is 0 Å². The van der Waals surface area contributed by atoms with E-state index in [1.807, 2.05) is 0 Å². The molecule has 1 aromatic heterocycles. The minimum Gasteiger partial charge on any atom is -0.381 e. The number of piperidine rings is 1. The first kappa shape index (κ1) is 21.5. The van der Waals surface area contributed by atoms with Crippen molar-refractivity contribution < 1.29 is 9.53 Å². The van der Waals surface area contributed by atoms with Crippen LogP contribution in [-0.4, -0.2) is 49.2 Å². The van der Waals surface area contributed by atoms with Gasteiger partial charge in [-0.1, -0.05) is 30.3 Å². The van der Waals surface area contributed by atoms with Gasteiger partial charge in [0.25, 0.3) is 0 Å². The summed E-state index contributed by atoms with van der Waals surface area (Å²) in [4.78, 5) is 17.5. The molecule has 1 amide bonds. The molecule has 2 saturated heterocycles. The molecule has 1 aromatic carbocycles. The van der Waals surface area contributed by atoms with Crippen LogP contribution in [0.3, 0.4) is 0 Å². The molecular weight excluding hydrogens is 392 g/mol. The van der Waals surface area contributed by atoms with Gasteiger partial charge in [-0.15, -0.1) is 11.3 Å². The van der Waals surface area contributed by atoms with E-state index in [-0.39, 0.29) is 17.4 Å². The highest BCUT2D eigenvalue weighted by molar-refractivity contribution is 7.13. The Bertz CT molecular complexity index is 829. The molecular formula is C25H34N2O2S. The van der Waals surface area contributed by atoms with Gasteiger partial charge in [0.1, 0.15) is 0 Å². The van der Waals surface area contributed by atoms with Crippen molar-refractivity contribution in [1.82, 2.24) is 10.2 Å². The van der Waals surface area contributed by atoms with Crippen LogP contribution in [-0.2, 0) is 16.0 Å². The molecule has 0 saturated carbocycles. The Balaban J connectivity index is 1.64. The van der Waals surface area contributed by atoms with Crippen LogP contribution >= 0.6 is 11.3 Å². The van der Waals surface area contributed by atoms with Crippen molar-refractivity contribution in [3.8, 4) is 10.4 Å². The molecule has 0 radical (unpaired) electrons. The predicted molar refractivity (Wildman–Crippen MR) is 124 cm³/mol. The zero-order valence-electron chi connectivity index (χ0n) is 18.2. The number of benzene rings is 1. The maximum atomic E-state index is 13.6. The lowest BCUT2D eigenvalue weighted by Gasteiger charge is -2.46. The van der Waals surface area contributed by atoms with Gasteiger partial charge in [0, 0.05) is 36.7 Å². The van der Waals surface area contributed by atoms with Gasteiger partial charge in [-0.3, -0.25) is 9.69 Å². The van der Waals surface area contributed by atoms with Crippen LogP contribution in [0.1, 0.15) is 45.1 Å². The number of nitrogens with zero attached hydrogens (tertiary/aromatic N) is 1. The summed E-state index contributed by atoms with van der Waals surface area (Å²) in [5.74, 6) is 0.218. The summed E-state index contributed by atoms with van der Waals surface area (Å²) in [6.45, 7) is 7.73. The van der Waals surface area contributed by atoms with E-state index in [0.29, 0.717) is 6.04 Å². The normalized spacial score (nSPS) is 23.6. The lowest BCUT2D eigenvalue weighted by Crippen LogP contribution is -2.57. The van der Waals surface area contributed by atoms with Crippen molar-refractivity contribution in [3.05, 3.63) is 47.3 Å². The summed E-state index contributed by atoms with van der Waals surface area (Å²) in [6, 6.07) is 13.6. The van der Waals surface area contributed by atoms with E-state index in [1.165, 1.54) is 16.0 Å². The molecule has 3 heterocycles. The molecule has 2 aliphatic rings. The quantitative estimate of drug-likeness (QED) is 0.725. The largest absolute Gasteiger partial charge is 0.381 e. The standard InChI is InChI=1S/C25H34N2O2S/c1-19(2)26-24(28)25(12-6-13-27(18-25)21-10-14-29-15-11-21)17-20-7-3-4-8-22(20)23-9-5-16-30-23/h3-5,7-9,16,19,21H,6,10-15,17-18H2,1-2H3,(H,26,28)/t25-/m1/s1. The lowest BCUT2D eigenvalue weighted by molar-refractivity contribution is -0.136. The smallest absolute Gasteiger partial charge is 0.228 e. The van der Waals surface area contributed by atoms with E-state index in [4.69, 9.17) is 4.74 Å². The summed E-state index contributed by atoms with van der Waals surface area (Å²) in [6.07, 6.45) is 4.97. The fraction of sp³-hybridized carbons (Fsp3) is 0.560. The SMILES string of the molecule is CC(C)NC(=O)[C@@]1(Cc2ccccc2-c2cccs2)CCCN(C2CCOCC2)C1. The van der Waals surface area contributed by atoms with Gasteiger partial charge < -0.3 is 10.1 Å². The number of likely N-dealkylation sites (tertiary alicyclic amines) is 1. The maximum absolute atomic E-state index is 13.6. The predicted octanol–water partition coefficient (Wildman–Crippen LogP) is 4.74. The van der Waals surface area contributed by atoms with E-state index in [2.05, 4.69) is 65.8 Å². The number of carbonyl (C=O) groups excluding carboxylic acids is 1. The molecule has 4 nitrogen and oxygen atoms in total. The number of thiophene rings is 1. The van der Waals surface area contributed by atoms with Crippen LogP contribution in [0.15, 0.2) is 41.8 Å². The lowest BCUT2D eigenvalue weighted by atomic mass is 9.72. The van der Waals surface area contributed by atoms with Gasteiger partial charge in [0.2, 0.25) is 5.91 Å². The Morgan fingerprint density at radius 1 is 1.23 bits per heavy atom. The highest BCUT2D eigenvalue weighted by Crippen LogP contribution is 2.39. The highest BCUT2D eigenvalue weighted by Gasteiger charge is 2.44. The third-order valence-corrected chi connectivity index (χ3v) is 7.45. The van der Waals surface area contributed by atoms with Crippen LogP contribution < -0.4 is 5.32 Å². The molecule has 5 heteroatoms. The summed E-state index contributed by atoms with van der Waals surface area (Å²) in [7, 11) is 0. The summed E-state index contributed by atoms with van der Waals surface area (Å²) in [5.41, 5.74) is 2.17. The zero-order valence-corrected chi connectivity index (χ0v) is 19.0. The first-order chi connectivity index (χ1) is 14.6. The molecule has 30 heavy (non-hydrogen) atoms. The Labute approximate surface area is 184 Å². The third kappa shape index (κ3) is 4.79. The van der Waals surface area contributed by atoms with Gasteiger partial charge >= 0.3 is 0 Å². The number of amides is 1. The van der Waals surface area contributed by atoms with E-state index in [0.717, 1.165) is 58.4 Å². The molecule has 0 unspecified atom stereocenters. The van der Waals surface area contributed by atoms with Crippen molar-refractivity contribution in [2.75, 3.05) is 26.3 Å². The molecule has 0 bridgehead atoms. The van der Waals surface area contributed by atoms with Crippen LogP contribution in [0.2, 0.25) is 0 Å². The highest BCUT2D eigenvalue weighted by atomic mass is 32.1.